The summed E-state index contributed by atoms with van der Waals surface area (Å²) in [6, 6.07) is 13.9. The Morgan fingerprint density at radius 2 is 1.47 bits per heavy atom. The molecule has 0 saturated heterocycles. The second kappa shape index (κ2) is 25.6. The van der Waals surface area contributed by atoms with Crippen LogP contribution in [-0.4, -0.2) is 86.6 Å². The number of rotatable bonds is 23. The number of fused-ring (bicyclic) bond motifs is 5. The molecular formula is C50H68N6O8. The van der Waals surface area contributed by atoms with E-state index in [9.17, 15) is 29.2 Å². The fourth-order valence-corrected chi connectivity index (χ4v) is 8.12. The zero-order valence-corrected chi connectivity index (χ0v) is 38.3. The zero-order chi connectivity index (χ0) is 46.8. The summed E-state index contributed by atoms with van der Waals surface area (Å²) < 4.78 is 18.3. The van der Waals surface area contributed by atoms with E-state index in [-0.39, 0.29) is 82.9 Å². The van der Waals surface area contributed by atoms with E-state index >= 15 is 0 Å². The Balaban J connectivity index is 1.78. The van der Waals surface area contributed by atoms with Gasteiger partial charge in [-0.1, -0.05) is 51.7 Å². The van der Waals surface area contributed by atoms with Crippen molar-refractivity contribution in [1.29, 1.82) is 5.26 Å². The molecule has 64 heavy (non-hydrogen) atoms. The molecule has 4 bridgehead atoms. The van der Waals surface area contributed by atoms with Gasteiger partial charge in [-0.2, -0.15) is 5.26 Å². The number of ketones is 3. The van der Waals surface area contributed by atoms with E-state index in [1.807, 2.05) is 32.0 Å². The lowest BCUT2D eigenvalue weighted by Gasteiger charge is -2.32. The van der Waals surface area contributed by atoms with E-state index in [0.717, 1.165) is 29.7 Å². The average molecular weight is 881 g/mol. The molecule has 0 aromatic heterocycles. The SMILES string of the molecule is CCCCCCCOc1ccc(C(=O)C[C@@H](CCN)C(=O)N(C)[C@@H]2C(=O)C[C@@H](C)C(=O)N[C@H](C(=O)CCC#N)Cc3ccc(OCCN)c(c3)-c3cc2ccc3OCCN)c(C)c1C. The second-order valence-electron chi connectivity index (χ2n) is 16.7. The predicted octanol–water partition coefficient (Wildman–Crippen LogP) is 6.24. The van der Waals surface area contributed by atoms with Crippen LogP contribution in [0.4, 0.5) is 0 Å². The van der Waals surface area contributed by atoms with Crippen molar-refractivity contribution >= 4 is 29.2 Å². The summed E-state index contributed by atoms with van der Waals surface area (Å²) in [5.74, 6) is -2.17. The number of hydrogen-bond donors (Lipinski definition) is 4. The number of nitrogens with two attached hydrogens (primary N) is 3. The summed E-state index contributed by atoms with van der Waals surface area (Å²) in [6.45, 7) is 9.08. The van der Waals surface area contributed by atoms with Crippen molar-refractivity contribution in [3.63, 3.8) is 0 Å². The summed E-state index contributed by atoms with van der Waals surface area (Å²) in [5, 5.41) is 12.1. The molecule has 0 fully saturated rings. The minimum atomic E-state index is -1.21. The molecule has 0 spiro atoms. The van der Waals surface area contributed by atoms with Gasteiger partial charge in [0.2, 0.25) is 11.8 Å². The van der Waals surface area contributed by atoms with Crippen LogP contribution in [0, 0.1) is 37.0 Å². The molecule has 7 N–H and O–H groups in total. The number of ether oxygens (including phenoxy) is 3. The third-order valence-electron chi connectivity index (χ3n) is 11.9. The summed E-state index contributed by atoms with van der Waals surface area (Å²) in [4.78, 5) is 72.1. The van der Waals surface area contributed by atoms with Crippen molar-refractivity contribution in [2.24, 2.45) is 29.0 Å². The van der Waals surface area contributed by atoms with Crippen LogP contribution < -0.4 is 36.7 Å². The normalized spacial score (nSPS) is 16.8. The molecule has 0 aliphatic carbocycles. The predicted molar refractivity (Wildman–Crippen MR) is 247 cm³/mol. The number of carbonyl (C=O) groups excluding carboxylic acids is 5. The monoisotopic (exact) mass is 881 g/mol. The third kappa shape index (κ3) is 13.7. The summed E-state index contributed by atoms with van der Waals surface area (Å²) in [6.07, 6.45) is 5.34. The summed E-state index contributed by atoms with van der Waals surface area (Å²) >= 11 is 0. The molecule has 1 aliphatic heterocycles. The molecule has 1 heterocycles. The van der Waals surface area contributed by atoms with E-state index in [4.69, 9.17) is 31.4 Å². The highest BCUT2D eigenvalue weighted by molar-refractivity contribution is 6.01. The van der Waals surface area contributed by atoms with Gasteiger partial charge in [-0.3, -0.25) is 24.0 Å². The number of nitrogens with zero attached hydrogens (tertiary/aromatic N) is 2. The highest BCUT2D eigenvalue weighted by Gasteiger charge is 2.36. The van der Waals surface area contributed by atoms with Crippen LogP contribution in [0.25, 0.3) is 11.1 Å². The first-order valence-corrected chi connectivity index (χ1v) is 22.7. The molecule has 3 aromatic rings. The lowest BCUT2D eigenvalue weighted by molar-refractivity contribution is -0.142. The molecule has 346 valence electrons. The number of carbonyl (C=O) groups is 5. The topological polar surface area (TPSA) is 230 Å². The maximum absolute atomic E-state index is 14.7. The molecule has 4 rings (SSSR count). The maximum Gasteiger partial charge on any atom is 0.226 e. The van der Waals surface area contributed by atoms with Crippen molar-refractivity contribution < 1.29 is 38.2 Å². The van der Waals surface area contributed by atoms with Crippen LogP contribution in [0.3, 0.4) is 0 Å². The van der Waals surface area contributed by atoms with Gasteiger partial charge in [0, 0.05) is 74.3 Å². The number of Topliss-reactive ketones (excluding diaryl/α,β-unsaturated/α-hetero) is 3. The fraction of sp³-hybridized carbons (Fsp3) is 0.520. The van der Waals surface area contributed by atoms with Crippen molar-refractivity contribution in [1.82, 2.24) is 10.2 Å². The van der Waals surface area contributed by atoms with Crippen molar-refractivity contribution in [2.45, 2.75) is 110 Å². The number of unbranched alkanes of at least 4 members (excludes halogenated alkanes) is 4. The van der Waals surface area contributed by atoms with Crippen LogP contribution >= 0.6 is 0 Å². The Bertz CT molecular complexity index is 2130. The Kier molecular flexibility index (Phi) is 20.4. The van der Waals surface area contributed by atoms with E-state index < -0.39 is 41.5 Å². The highest BCUT2D eigenvalue weighted by Crippen LogP contribution is 2.41. The van der Waals surface area contributed by atoms with E-state index in [1.54, 1.807) is 43.3 Å². The molecule has 0 radical (unpaired) electrons. The first-order valence-electron chi connectivity index (χ1n) is 22.7. The summed E-state index contributed by atoms with van der Waals surface area (Å²) in [5.41, 5.74) is 22.1. The quantitative estimate of drug-likeness (QED) is 0.0613. The Morgan fingerprint density at radius 3 is 2.12 bits per heavy atom. The largest absolute Gasteiger partial charge is 0.493 e. The maximum atomic E-state index is 14.7. The van der Waals surface area contributed by atoms with Gasteiger partial charge in [-0.15, -0.1) is 0 Å². The molecule has 0 unspecified atom stereocenters. The zero-order valence-electron chi connectivity index (χ0n) is 38.3. The van der Waals surface area contributed by atoms with Crippen LogP contribution in [0.2, 0.25) is 0 Å². The minimum absolute atomic E-state index is 0.0242. The molecule has 0 saturated carbocycles. The molecule has 3 aromatic carbocycles. The minimum Gasteiger partial charge on any atom is -0.493 e. The Morgan fingerprint density at radius 1 is 0.828 bits per heavy atom. The number of benzene rings is 3. The molecule has 2 amide bonds. The van der Waals surface area contributed by atoms with Gasteiger partial charge in [-0.05, 0) is 98.3 Å². The van der Waals surface area contributed by atoms with Crippen LogP contribution in [0.5, 0.6) is 17.2 Å². The van der Waals surface area contributed by atoms with Crippen LogP contribution in [-0.2, 0) is 25.6 Å². The highest BCUT2D eigenvalue weighted by atomic mass is 16.5. The number of hydrogen-bond acceptors (Lipinski definition) is 12. The first-order chi connectivity index (χ1) is 30.8. The third-order valence-corrected chi connectivity index (χ3v) is 11.9. The summed E-state index contributed by atoms with van der Waals surface area (Å²) in [7, 11) is 1.52. The van der Waals surface area contributed by atoms with E-state index in [0.29, 0.717) is 45.9 Å². The van der Waals surface area contributed by atoms with Gasteiger partial charge in [0.05, 0.1) is 18.7 Å². The smallest absolute Gasteiger partial charge is 0.226 e. The molecule has 14 heteroatoms. The lowest BCUT2D eigenvalue weighted by atomic mass is 9.87. The van der Waals surface area contributed by atoms with Gasteiger partial charge in [0.1, 0.15) is 36.5 Å². The molecular weight excluding hydrogens is 813 g/mol. The molecule has 1 aliphatic rings. The fourth-order valence-electron chi connectivity index (χ4n) is 8.12. The molecule has 14 nitrogen and oxygen atoms in total. The number of nitriles is 1. The van der Waals surface area contributed by atoms with Gasteiger partial charge in [-0.25, -0.2) is 0 Å². The first kappa shape index (κ1) is 51.0. The molecule has 4 atom stereocenters. The standard InChI is InChI=1S/C50H68N6O8/c1-6-7-8-9-10-24-62-45-18-15-38(33(3)34(45)4)43(58)31-37(19-21-52)50(61)56(5)48-36-14-17-47(64-26-23-54)40(30-36)39-28-35(13-16-46(39)63-25-22-53)29-41(42(57)12-11-20-51)55-49(60)32(2)27-44(48)59/h13-18,28,30,32,37,41,48H,6-12,19,21-27,29,31,52-54H2,1-5H3,(H,55,60)/t32-,37-,41+,48+/m1/s1. The van der Waals surface area contributed by atoms with Crippen LogP contribution in [0.15, 0.2) is 48.5 Å². The van der Waals surface area contributed by atoms with Gasteiger partial charge in [0.25, 0.3) is 0 Å². The van der Waals surface area contributed by atoms with Crippen molar-refractivity contribution in [3.8, 4) is 34.4 Å². The van der Waals surface area contributed by atoms with E-state index in [2.05, 4.69) is 12.2 Å². The second-order valence-corrected chi connectivity index (χ2v) is 16.7. The van der Waals surface area contributed by atoms with Crippen molar-refractivity contribution in [2.75, 3.05) is 46.5 Å². The van der Waals surface area contributed by atoms with Gasteiger partial charge < -0.3 is 41.6 Å². The van der Waals surface area contributed by atoms with E-state index in [1.165, 1.54) is 31.2 Å². The van der Waals surface area contributed by atoms with Gasteiger partial charge in [0.15, 0.2) is 17.3 Å². The average Bonchev–Trinajstić information content (AvgIpc) is 3.28. The van der Waals surface area contributed by atoms with Crippen molar-refractivity contribution in [3.05, 3.63) is 76.3 Å². The Labute approximate surface area is 378 Å². The van der Waals surface area contributed by atoms with Gasteiger partial charge >= 0.3 is 0 Å². The Hall–Kier alpha value is -5.62. The number of likely N-dealkylation sites (N-methyl/N-ethyl adjacent to an activating group) is 1. The lowest BCUT2D eigenvalue weighted by Crippen LogP contribution is -2.46. The number of amides is 2. The number of nitrogens with one attached hydrogen (secondary N) is 1. The van der Waals surface area contributed by atoms with Crippen LogP contribution in [0.1, 0.15) is 117 Å².